The Kier molecular flexibility index (Phi) is 7.74. The van der Waals surface area contributed by atoms with E-state index in [1.165, 1.54) is 16.6 Å². The molecule has 2 heterocycles. The highest BCUT2D eigenvalue weighted by molar-refractivity contribution is 7.90. The lowest BCUT2D eigenvalue weighted by molar-refractivity contribution is -0.382. The number of halogens is 9. The first-order valence-corrected chi connectivity index (χ1v) is 14.8. The van der Waals surface area contributed by atoms with Gasteiger partial charge >= 0.3 is 33.4 Å². The fraction of sp³-hybridized carbons (Fsp3) is 0.250. The van der Waals surface area contributed by atoms with Gasteiger partial charge in [-0.25, -0.2) is 17.9 Å². The van der Waals surface area contributed by atoms with Gasteiger partial charge in [-0.05, 0) is 47.5 Å². The molecule has 0 aliphatic rings. The number of nitrogens with zero attached hydrogens (tertiary/aromatic N) is 3. The van der Waals surface area contributed by atoms with Crippen LogP contribution in [0.25, 0.3) is 16.8 Å². The molecule has 0 saturated carbocycles. The third-order valence-electron chi connectivity index (χ3n) is 5.92. The molecule has 43 heavy (non-hydrogen) atoms. The van der Waals surface area contributed by atoms with E-state index in [9.17, 15) is 56.3 Å². The van der Waals surface area contributed by atoms with E-state index in [1.807, 2.05) is 0 Å². The molecule has 4 aromatic rings. The lowest BCUT2D eigenvalue weighted by atomic mass is 10.1. The van der Waals surface area contributed by atoms with E-state index in [2.05, 4.69) is 14.3 Å². The van der Waals surface area contributed by atoms with E-state index in [4.69, 9.17) is 0 Å². The first-order chi connectivity index (χ1) is 19.6. The Morgan fingerprint density at radius 1 is 0.791 bits per heavy atom. The Bertz CT molecular complexity index is 1870. The molecule has 0 radical (unpaired) electrons. The molecule has 4 rings (SSSR count). The molecule has 0 bridgehead atoms. The van der Waals surface area contributed by atoms with Crippen LogP contribution in [0, 0.1) is 0 Å². The van der Waals surface area contributed by atoms with Crippen molar-refractivity contribution in [2.24, 2.45) is 0 Å². The minimum atomic E-state index is -7.42. The molecule has 0 atom stereocenters. The Morgan fingerprint density at radius 3 is 1.91 bits per heavy atom. The molecule has 0 unspecified atom stereocenters. The summed E-state index contributed by atoms with van der Waals surface area (Å²) < 4.78 is 170. The molecule has 0 amide bonds. The third kappa shape index (κ3) is 5.74. The van der Waals surface area contributed by atoms with Gasteiger partial charge < -0.3 is 4.18 Å². The number of benzene rings is 2. The molecule has 232 valence electrons. The molecule has 0 aliphatic carbocycles. The zero-order chi connectivity index (χ0) is 32.2. The Morgan fingerprint density at radius 2 is 1.37 bits per heavy atom. The van der Waals surface area contributed by atoms with Crippen molar-refractivity contribution in [3.05, 3.63) is 78.2 Å². The number of fused-ring (bicyclic) bond motifs is 1. The summed E-state index contributed by atoms with van der Waals surface area (Å²) in [5.41, 5.74) is 1.83. The van der Waals surface area contributed by atoms with Gasteiger partial charge in [0.2, 0.25) is 0 Å². The summed E-state index contributed by atoms with van der Waals surface area (Å²) in [6.45, 7) is 0. The van der Waals surface area contributed by atoms with Crippen LogP contribution in [0.3, 0.4) is 0 Å². The molecule has 0 saturated heterocycles. The zero-order valence-electron chi connectivity index (χ0n) is 21.2. The van der Waals surface area contributed by atoms with Gasteiger partial charge in [-0.3, -0.25) is 0 Å². The van der Waals surface area contributed by atoms with E-state index in [0.717, 1.165) is 18.4 Å². The average molecular weight is 662 g/mol. The SMILES string of the molecule is CS(=O)(=O)c1ccc(-c2cccn3nc(Cc4ccc(OS(=O)(=O)C(F)(F)C(F)(F)C(F)(F)C(F)(F)F)cc4)nc23)cc1. The normalized spacial score (nSPS) is 13.8. The maximum atomic E-state index is 13.9. The van der Waals surface area contributed by atoms with Crippen molar-refractivity contribution in [3.8, 4) is 16.9 Å². The average Bonchev–Trinajstić information content (AvgIpc) is 3.31. The number of pyridine rings is 1. The zero-order valence-corrected chi connectivity index (χ0v) is 22.8. The second kappa shape index (κ2) is 10.4. The molecule has 0 spiro atoms. The summed E-state index contributed by atoms with van der Waals surface area (Å²) in [5, 5.41) is -2.71. The van der Waals surface area contributed by atoms with Crippen LogP contribution in [0.4, 0.5) is 39.5 Å². The highest BCUT2D eigenvalue weighted by Crippen LogP contribution is 2.55. The van der Waals surface area contributed by atoms with Crippen molar-refractivity contribution < 1.29 is 60.5 Å². The molecular formula is C24H16F9N3O5S2. The number of aromatic nitrogens is 3. The van der Waals surface area contributed by atoms with E-state index in [0.29, 0.717) is 34.5 Å². The second-order valence-corrected chi connectivity index (χ2v) is 12.6. The van der Waals surface area contributed by atoms with Crippen LogP contribution in [0.1, 0.15) is 11.4 Å². The number of sulfone groups is 1. The monoisotopic (exact) mass is 661 g/mol. The van der Waals surface area contributed by atoms with Crippen molar-refractivity contribution in [3.63, 3.8) is 0 Å². The van der Waals surface area contributed by atoms with Crippen LogP contribution in [0.15, 0.2) is 71.8 Å². The summed E-state index contributed by atoms with van der Waals surface area (Å²) in [5.74, 6) is -15.7. The summed E-state index contributed by atoms with van der Waals surface area (Å²) >= 11 is 0. The summed E-state index contributed by atoms with van der Waals surface area (Å²) in [6.07, 6.45) is -4.65. The van der Waals surface area contributed by atoms with Crippen LogP contribution < -0.4 is 4.18 Å². The van der Waals surface area contributed by atoms with Gasteiger partial charge in [-0.15, -0.1) is 0 Å². The molecule has 2 aromatic carbocycles. The van der Waals surface area contributed by atoms with Crippen molar-refractivity contribution in [1.29, 1.82) is 0 Å². The molecule has 0 fully saturated rings. The summed E-state index contributed by atoms with van der Waals surface area (Å²) in [7, 11) is -10.5. The molecule has 2 aromatic heterocycles. The predicted molar refractivity (Wildman–Crippen MR) is 131 cm³/mol. The fourth-order valence-electron chi connectivity index (χ4n) is 3.67. The topological polar surface area (TPSA) is 108 Å². The van der Waals surface area contributed by atoms with Gasteiger partial charge in [0.1, 0.15) is 5.75 Å². The first kappa shape index (κ1) is 32.1. The molecule has 0 N–H and O–H groups in total. The van der Waals surface area contributed by atoms with Crippen LogP contribution in [0.2, 0.25) is 0 Å². The number of hydrogen-bond acceptors (Lipinski definition) is 7. The lowest BCUT2D eigenvalue weighted by Gasteiger charge is -2.32. The van der Waals surface area contributed by atoms with Crippen molar-refractivity contribution in [1.82, 2.24) is 14.6 Å². The van der Waals surface area contributed by atoms with Crippen molar-refractivity contribution >= 4 is 25.6 Å². The highest BCUT2D eigenvalue weighted by Gasteiger charge is 2.86. The first-order valence-electron chi connectivity index (χ1n) is 11.5. The summed E-state index contributed by atoms with van der Waals surface area (Å²) in [4.78, 5) is 4.50. The van der Waals surface area contributed by atoms with Gasteiger partial charge in [0, 0.05) is 24.4 Å². The Balaban J connectivity index is 1.54. The van der Waals surface area contributed by atoms with E-state index < -0.39 is 49.0 Å². The number of rotatable bonds is 9. The van der Waals surface area contributed by atoms with Crippen LogP contribution in [0.5, 0.6) is 5.75 Å². The van der Waals surface area contributed by atoms with Crippen LogP contribution in [-0.4, -0.2) is 61.0 Å². The minimum absolute atomic E-state index is 0.0623. The molecule has 19 heteroatoms. The smallest absolute Gasteiger partial charge is 0.378 e. The second-order valence-electron chi connectivity index (χ2n) is 9.04. The standard InChI is InChI=1S/C24H16F9N3O5S2/c1-42(37,38)17-10-6-15(7-11-17)18-3-2-12-36-20(18)34-19(35-36)13-14-4-8-16(9-5-14)41-43(39,40)24(32,33)22(27,28)21(25,26)23(29,30)31/h2-12H,13H2,1H3. The van der Waals surface area contributed by atoms with Gasteiger partial charge in [0.15, 0.2) is 21.3 Å². The van der Waals surface area contributed by atoms with E-state index in [-0.39, 0.29) is 17.1 Å². The molecular weight excluding hydrogens is 645 g/mol. The lowest BCUT2D eigenvalue weighted by Crippen LogP contribution is -2.63. The minimum Gasteiger partial charge on any atom is -0.378 e. The van der Waals surface area contributed by atoms with E-state index >= 15 is 0 Å². The number of hydrogen-bond donors (Lipinski definition) is 0. The summed E-state index contributed by atoms with van der Waals surface area (Å²) in [6, 6.07) is 12.8. The van der Waals surface area contributed by atoms with Gasteiger partial charge in [-0.1, -0.05) is 24.3 Å². The van der Waals surface area contributed by atoms with Crippen molar-refractivity contribution in [2.45, 2.75) is 34.6 Å². The fourth-order valence-corrected chi connectivity index (χ4v) is 5.22. The van der Waals surface area contributed by atoms with E-state index in [1.54, 1.807) is 30.5 Å². The number of alkyl halides is 9. The highest BCUT2D eigenvalue weighted by atomic mass is 32.2. The third-order valence-corrected chi connectivity index (χ3v) is 8.35. The molecule has 0 aliphatic heterocycles. The Labute approximate surface area is 236 Å². The van der Waals surface area contributed by atoms with Crippen molar-refractivity contribution in [2.75, 3.05) is 6.26 Å². The predicted octanol–water partition coefficient (Wildman–Crippen LogP) is 5.52. The van der Waals surface area contributed by atoms with Gasteiger partial charge in [-0.2, -0.15) is 53.0 Å². The van der Waals surface area contributed by atoms with Crippen LogP contribution >= 0.6 is 0 Å². The largest absolute Gasteiger partial charge is 0.460 e. The van der Waals surface area contributed by atoms with Crippen LogP contribution in [-0.2, 0) is 26.4 Å². The van der Waals surface area contributed by atoms with Gasteiger partial charge in [0.05, 0.1) is 4.90 Å². The quantitative estimate of drug-likeness (QED) is 0.172. The maximum absolute atomic E-state index is 13.9. The maximum Gasteiger partial charge on any atom is 0.460 e. The Hall–Kier alpha value is -3.87. The molecule has 8 nitrogen and oxygen atoms in total. The van der Waals surface area contributed by atoms with Gasteiger partial charge in [0.25, 0.3) is 0 Å².